The molecule has 0 aliphatic carbocycles. The molecule has 326 valence electrons. The van der Waals surface area contributed by atoms with Crippen molar-refractivity contribution in [2.45, 2.75) is 55.9 Å². The number of nitrogens with one attached hydrogen (secondary N) is 3. The molecule has 1 unspecified atom stereocenters. The Balaban J connectivity index is 0.838. The number of ether oxygens (including phenoxy) is 4. The third-order valence-corrected chi connectivity index (χ3v) is 9.77. The van der Waals surface area contributed by atoms with Crippen LogP contribution in [0, 0.1) is 5.82 Å². The summed E-state index contributed by atoms with van der Waals surface area (Å²) < 4.78 is 83.1. The first-order valence-corrected chi connectivity index (χ1v) is 19.8. The van der Waals surface area contributed by atoms with E-state index in [1.807, 2.05) is 0 Å². The van der Waals surface area contributed by atoms with E-state index < -0.39 is 58.5 Å². The van der Waals surface area contributed by atoms with Crippen LogP contribution in [0.2, 0.25) is 0 Å². The minimum Gasteiger partial charge on any atom is -0.490 e. The lowest BCUT2D eigenvalue weighted by Gasteiger charge is -2.27. The second kappa shape index (κ2) is 19.9. The fourth-order valence-corrected chi connectivity index (χ4v) is 6.87. The van der Waals surface area contributed by atoms with Crippen molar-refractivity contribution < 1.29 is 60.8 Å². The molecule has 2 aliphatic heterocycles. The molecular formula is C39H42F4N8O9S. The van der Waals surface area contributed by atoms with Gasteiger partial charge in [-0.2, -0.15) is 18.3 Å². The van der Waals surface area contributed by atoms with Gasteiger partial charge in [-0.05, 0) is 62.5 Å². The highest BCUT2D eigenvalue weighted by molar-refractivity contribution is 7.97. The second-order valence-corrected chi connectivity index (χ2v) is 15.2. The average molecular weight is 875 g/mol. The summed E-state index contributed by atoms with van der Waals surface area (Å²) in [6.45, 7) is 5.26. The van der Waals surface area contributed by atoms with Crippen molar-refractivity contribution in [2.24, 2.45) is 0 Å². The van der Waals surface area contributed by atoms with Gasteiger partial charge in [0.15, 0.2) is 0 Å². The standard InChI is InChI=1S/C39H42F4N8O9S/c1-38(2,56)22-50-21-23(19-45-50)33-26(39(41,42)43)20-44-37(49-33)47-28-7-6-24(18-27(28)40)61-46-10-11-57-12-13-58-14-15-59-16-17-60-30-5-3-4-25-32(30)36(55)51(35(25)54)29-8-9-31(52)48-34(29)53/h3-7,18-21,29,46,56H,8-17,22H2,1-2H3,(H,44,47,49)(H,48,52,53). The van der Waals surface area contributed by atoms with Crippen LogP contribution in [0.1, 0.15) is 53.0 Å². The zero-order valence-corrected chi connectivity index (χ0v) is 33.7. The van der Waals surface area contributed by atoms with Crippen LogP contribution in [0.4, 0.5) is 29.2 Å². The molecule has 0 radical (unpaired) electrons. The average Bonchev–Trinajstić information content (AvgIpc) is 3.76. The molecule has 4 aromatic rings. The number of imide groups is 2. The fourth-order valence-electron chi connectivity index (χ4n) is 6.22. The van der Waals surface area contributed by atoms with E-state index in [0.29, 0.717) is 37.5 Å². The molecule has 2 aromatic carbocycles. The molecule has 1 atom stereocenters. The van der Waals surface area contributed by atoms with E-state index in [1.165, 1.54) is 49.1 Å². The van der Waals surface area contributed by atoms with Crippen LogP contribution in [-0.2, 0) is 36.5 Å². The maximum Gasteiger partial charge on any atom is 0.419 e. The number of carbonyl (C=O) groups is 4. The Labute approximate surface area is 350 Å². The van der Waals surface area contributed by atoms with Crippen molar-refractivity contribution in [3.8, 4) is 17.0 Å². The lowest BCUT2D eigenvalue weighted by atomic mass is 10.0. The van der Waals surface area contributed by atoms with Crippen LogP contribution in [0.3, 0.4) is 0 Å². The van der Waals surface area contributed by atoms with Crippen molar-refractivity contribution in [3.63, 3.8) is 0 Å². The Morgan fingerprint density at radius 1 is 0.951 bits per heavy atom. The summed E-state index contributed by atoms with van der Waals surface area (Å²) in [6.07, 6.45) is -1.55. The van der Waals surface area contributed by atoms with E-state index >= 15 is 4.39 Å². The van der Waals surface area contributed by atoms with Crippen LogP contribution in [0.5, 0.6) is 5.75 Å². The molecule has 4 heterocycles. The lowest BCUT2D eigenvalue weighted by Crippen LogP contribution is -2.54. The van der Waals surface area contributed by atoms with E-state index in [0.717, 1.165) is 16.8 Å². The molecule has 2 aliphatic rings. The van der Waals surface area contributed by atoms with Crippen molar-refractivity contribution in [1.82, 2.24) is 34.7 Å². The molecular weight excluding hydrogens is 833 g/mol. The smallest absolute Gasteiger partial charge is 0.419 e. The monoisotopic (exact) mass is 874 g/mol. The number of hydrogen-bond donors (Lipinski definition) is 4. The zero-order chi connectivity index (χ0) is 43.7. The second-order valence-electron chi connectivity index (χ2n) is 14.3. The molecule has 4 amide bonds. The molecule has 17 nitrogen and oxygen atoms in total. The van der Waals surface area contributed by atoms with E-state index in [-0.39, 0.29) is 79.9 Å². The lowest BCUT2D eigenvalue weighted by molar-refractivity contribution is -0.138. The Morgan fingerprint density at radius 2 is 1.67 bits per heavy atom. The summed E-state index contributed by atoms with van der Waals surface area (Å²) in [5.74, 6) is -3.19. The highest BCUT2D eigenvalue weighted by Crippen LogP contribution is 2.37. The van der Waals surface area contributed by atoms with Gasteiger partial charge in [0, 0.05) is 35.8 Å². The number of aliphatic hydroxyl groups is 1. The molecule has 0 spiro atoms. The van der Waals surface area contributed by atoms with E-state index in [9.17, 15) is 37.5 Å². The number of fused-ring (bicyclic) bond motifs is 1. The summed E-state index contributed by atoms with van der Waals surface area (Å²) >= 11 is 1.15. The summed E-state index contributed by atoms with van der Waals surface area (Å²) in [4.78, 5) is 59.1. The number of aromatic nitrogens is 4. The third kappa shape index (κ3) is 11.9. The van der Waals surface area contributed by atoms with Gasteiger partial charge in [-0.3, -0.25) is 38.8 Å². The van der Waals surface area contributed by atoms with Crippen LogP contribution < -0.4 is 20.1 Å². The molecule has 1 fully saturated rings. The molecule has 61 heavy (non-hydrogen) atoms. The number of amides is 4. The van der Waals surface area contributed by atoms with Gasteiger partial charge >= 0.3 is 6.18 Å². The Hall–Kier alpha value is -5.52. The summed E-state index contributed by atoms with van der Waals surface area (Å²) in [5, 5.41) is 18.9. The topological polar surface area (TPSA) is 208 Å². The van der Waals surface area contributed by atoms with Crippen LogP contribution in [0.25, 0.3) is 11.3 Å². The van der Waals surface area contributed by atoms with Crippen molar-refractivity contribution in [1.29, 1.82) is 0 Å². The molecule has 0 saturated carbocycles. The predicted octanol–water partition coefficient (Wildman–Crippen LogP) is 4.14. The Bertz CT molecular complexity index is 2240. The van der Waals surface area contributed by atoms with Crippen LogP contribution in [0.15, 0.2) is 59.9 Å². The zero-order valence-electron chi connectivity index (χ0n) is 32.9. The van der Waals surface area contributed by atoms with Gasteiger partial charge in [0.05, 0.1) is 80.5 Å². The maximum atomic E-state index is 15.0. The number of halogens is 4. The van der Waals surface area contributed by atoms with Gasteiger partial charge in [-0.25, -0.2) is 14.4 Å². The Morgan fingerprint density at radius 3 is 2.36 bits per heavy atom. The number of anilines is 2. The highest BCUT2D eigenvalue weighted by atomic mass is 32.2. The number of nitrogens with zero attached hydrogens (tertiary/aromatic N) is 5. The van der Waals surface area contributed by atoms with Gasteiger partial charge in [-0.15, -0.1) is 0 Å². The van der Waals surface area contributed by atoms with E-state index in [1.54, 1.807) is 18.2 Å². The maximum absolute atomic E-state index is 15.0. The van der Waals surface area contributed by atoms with Crippen molar-refractivity contribution in [3.05, 3.63) is 77.5 Å². The predicted molar refractivity (Wildman–Crippen MR) is 209 cm³/mol. The molecule has 22 heteroatoms. The number of rotatable bonds is 21. The SMILES string of the molecule is CC(C)(O)Cn1cc(-c2nc(Nc3ccc(SNCCOCCOCCOCCOc4cccc5c4C(=O)N(C4CCC(=O)NC4=O)C5=O)cc3F)ncc2C(F)(F)F)cn1. The number of alkyl halides is 3. The molecule has 0 bridgehead atoms. The van der Waals surface area contributed by atoms with Gasteiger partial charge in [0.1, 0.15) is 29.8 Å². The van der Waals surface area contributed by atoms with Gasteiger partial charge in [0.25, 0.3) is 11.8 Å². The normalized spacial score (nSPS) is 15.7. The minimum absolute atomic E-state index is 0.0206. The molecule has 1 saturated heterocycles. The van der Waals surface area contributed by atoms with Crippen molar-refractivity contribution in [2.75, 3.05) is 58.1 Å². The highest BCUT2D eigenvalue weighted by Gasteiger charge is 2.46. The summed E-state index contributed by atoms with van der Waals surface area (Å²) in [5.41, 5.74) is -2.54. The van der Waals surface area contributed by atoms with Gasteiger partial charge in [-0.1, -0.05) is 6.07 Å². The fraction of sp³-hybridized carbons (Fsp3) is 0.410. The van der Waals surface area contributed by atoms with E-state index in [4.69, 9.17) is 18.9 Å². The quantitative estimate of drug-likeness (QED) is 0.0402. The number of hydrogen-bond acceptors (Lipinski definition) is 15. The first-order chi connectivity index (χ1) is 29.1. The first-order valence-electron chi connectivity index (χ1n) is 19.0. The van der Waals surface area contributed by atoms with Crippen LogP contribution >= 0.6 is 11.9 Å². The van der Waals surface area contributed by atoms with E-state index in [2.05, 4.69) is 30.4 Å². The third-order valence-electron chi connectivity index (χ3n) is 8.93. The van der Waals surface area contributed by atoms with Crippen molar-refractivity contribution >= 4 is 47.2 Å². The largest absolute Gasteiger partial charge is 0.490 e. The summed E-state index contributed by atoms with van der Waals surface area (Å²) in [6, 6.07) is 7.79. The van der Waals surface area contributed by atoms with Crippen LogP contribution in [-0.4, -0.2) is 118 Å². The van der Waals surface area contributed by atoms with Gasteiger partial charge in [0.2, 0.25) is 17.8 Å². The summed E-state index contributed by atoms with van der Waals surface area (Å²) in [7, 11) is 0. The Kier molecular flexibility index (Phi) is 14.7. The number of carbonyl (C=O) groups excluding carboxylic acids is 4. The minimum atomic E-state index is -4.77. The van der Waals surface area contributed by atoms with Gasteiger partial charge < -0.3 is 29.4 Å². The molecule has 2 aromatic heterocycles. The number of piperidine rings is 1. The first kappa shape index (κ1) is 45.0. The molecule has 6 rings (SSSR count). The molecule has 4 N–H and O–H groups in total. The number of benzene rings is 2.